The van der Waals surface area contributed by atoms with Gasteiger partial charge in [-0.1, -0.05) is 65.6 Å². The zero-order valence-corrected chi connectivity index (χ0v) is 16.2. The Hall–Kier alpha value is -2.29. The van der Waals surface area contributed by atoms with Crippen molar-refractivity contribution in [2.75, 3.05) is 5.32 Å². The molecule has 26 heavy (non-hydrogen) atoms. The van der Waals surface area contributed by atoms with Gasteiger partial charge >= 0.3 is 0 Å². The maximum Gasteiger partial charge on any atom is 0.239 e. The van der Waals surface area contributed by atoms with Crippen LogP contribution in [0.15, 0.2) is 58.9 Å². The van der Waals surface area contributed by atoms with Gasteiger partial charge in [0.25, 0.3) is 0 Å². The molecule has 0 bridgehead atoms. The molecule has 0 aliphatic rings. The lowest BCUT2D eigenvalue weighted by atomic mass is 10.2. The Kier molecular flexibility index (Phi) is 4.96. The van der Waals surface area contributed by atoms with Crippen LogP contribution in [0.1, 0.15) is 6.92 Å². The number of hydrogen-bond acceptors (Lipinski definition) is 7. The SMILES string of the molecule is C[C@H](Sc1nc2ccccc2s1)C(=O)Nc1nnc(-c2ccccc2)s1. The van der Waals surface area contributed by atoms with Crippen molar-refractivity contribution in [1.82, 2.24) is 15.2 Å². The minimum atomic E-state index is -0.278. The number of aromatic nitrogens is 3. The molecule has 5 nitrogen and oxygen atoms in total. The molecule has 4 aromatic rings. The first kappa shape index (κ1) is 17.1. The monoisotopic (exact) mass is 398 g/mol. The van der Waals surface area contributed by atoms with E-state index < -0.39 is 0 Å². The van der Waals surface area contributed by atoms with E-state index in [1.165, 1.54) is 23.1 Å². The van der Waals surface area contributed by atoms with E-state index in [2.05, 4.69) is 20.5 Å². The highest BCUT2D eigenvalue weighted by molar-refractivity contribution is 8.02. The van der Waals surface area contributed by atoms with Gasteiger partial charge in [0.15, 0.2) is 4.34 Å². The van der Waals surface area contributed by atoms with Crippen LogP contribution in [0, 0.1) is 0 Å². The smallest absolute Gasteiger partial charge is 0.239 e. The van der Waals surface area contributed by atoms with Gasteiger partial charge in [-0.05, 0) is 19.1 Å². The largest absolute Gasteiger partial charge is 0.300 e. The van der Waals surface area contributed by atoms with E-state index in [9.17, 15) is 4.79 Å². The van der Waals surface area contributed by atoms with Crippen molar-refractivity contribution in [3.63, 3.8) is 0 Å². The Morgan fingerprint density at radius 3 is 2.62 bits per heavy atom. The van der Waals surface area contributed by atoms with Crippen molar-refractivity contribution in [2.45, 2.75) is 16.5 Å². The lowest BCUT2D eigenvalue weighted by Crippen LogP contribution is -2.22. The molecule has 1 N–H and O–H groups in total. The second-order valence-electron chi connectivity index (χ2n) is 5.48. The lowest BCUT2D eigenvalue weighted by Gasteiger charge is -2.07. The van der Waals surface area contributed by atoms with Crippen LogP contribution in [0.2, 0.25) is 0 Å². The number of benzene rings is 2. The van der Waals surface area contributed by atoms with Crippen molar-refractivity contribution in [1.29, 1.82) is 0 Å². The van der Waals surface area contributed by atoms with Crippen LogP contribution in [-0.4, -0.2) is 26.3 Å². The molecule has 0 spiro atoms. The lowest BCUT2D eigenvalue weighted by molar-refractivity contribution is -0.115. The highest BCUT2D eigenvalue weighted by atomic mass is 32.2. The van der Waals surface area contributed by atoms with Crippen molar-refractivity contribution < 1.29 is 4.79 Å². The molecular formula is C18H14N4OS3. The maximum atomic E-state index is 12.5. The third-order valence-corrected chi connectivity index (χ3v) is 6.71. The molecule has 0 saturated heterocycles. The van der Waals surface area contributed by atoms with Crippen LogP contribution in [-0.2, 0) is 4.79 Å². The normalized spacial score (nSPS) is 12.2. The highest BCUT2D eigenvalue weighted by Gasteiger charge is 2.18. The van der Waals surface area contributed by atoms with Gasteiger partial charge in [0, 0.05) is 5.56 Å². The molecule has 0 fully saturated rings. The minimum absolute atomic E-state index is 0.106. The quantitative estimate of drug-likeness (QED) is 0.483. The number of para-hydroxylation sites is 1. The average molecular weight is 399 g/mol. The van der Waals surface area contributed by atoms with E-state index in [-0.39, 0.29) is 11.2 Å². The number of carbonyl (C=O) groups is 1. The van der Waals surface area contributed by atoms with Crippen molar-refractivity contribution in [3.8, 4) is 10.6 Å². The van der Waals surface area contributed by atoms with Gasteiger partial charge in [-0.25, -0.2) is 4.98 Å². The fraction of sp³-hybridized carbons (Fsp3) is 0.111. The van der Waals surface area contributed by atoms with Gasteiger partial charge in [-0.2, -0.15) is 0 Å². The summed E-state index contributed by atoms with van der Waals surface area (Å²) in [6, 6.07) is 17.8. The summed E-state index contributed by atoms with van der Waals surface area (Å²) in [5.74, 6) is -0.106. The van der Waals surface area contributed by atoms with Crippen molar-refractivity contribution >= 4 is 55.7 Å². The molecule has 0 radical (unpaired) electrons. The van der Waals surface area contributed by atoms with Crippen LogP contribution >= 0.6 is 34.4 Å². The van der Waals surface area contributed by atoms with Crippen LogP contribution in [0.25, 0.3) is 20.8 Å². The zero-order chi connectivity index (χ0) is 17.9. The fourth-order valence-electron chi connectivity index (χ4n) is 2.28. The summed E-state index contributed by atoms with van der Waals surface area (Å²) < 4.78 is 2.01. The molecule has 2 aromatic heterocycles. The van der Waals surface area contributed by atoms with E-state index in [0.717, 1.165) is 25.1 Å². The standard InChI is InChI=1S/C18H14N4OS3/c1-11(24-18-19-13-9-5-6-10-14(13)25-18)15(23)20-17-22-21-16(26-17)12-7-3-2-4-8-12/h2-11H,1H3,(H,20,22,23)/t11-/m0/s1. The molecule has 0 aliphatic carbocycles. The summed E-state index contributed by atoms with van der Waals surface area (Å²) in [5, 5.41) is 12.1. The fourth-order valence-corrected chi connectivity index (χ4v) is 5.25. The second-order valence-corrected chi connectivity index (χ2v) is 9.07. The topological polar surface area (TPSA) is 67.8 Å². The molecule has 0 aliphatic heterocycles. The average Bonchev–Trinajstić information content (AvgIpc) is 3.28. The van der Waals surface area contributed by atoms with Crippen molar-refractivity contribution in [2.24, 2.45) is 0 Å². The van der Waals surface area contributed by atoms with Gasteiger partial charge in [-0.3, -0.25) is 10.1 Å². The molecule has 2 heterocycles. The van der Waals surface area contributed by atoms with Crippen LogP contribution in [0.4, 0.5) is 5.13 Å². The summed E-state index contributed by atoms with van der Waals surface area (Å²) >= 11 is 4.41. The summed E-state index contributed by atoms with van der Waals surface area (Å²) in [5.41, 5.74) is 1.95. The molecule has 8 heteroatoms. The summed E-state index contributed by atoms with van der Waals surface area (Å²) in [7, 11) is 0. The van der Waals surface area contributed by atoms with E-state index in [1.807, 2.05) is 61.5 Å². The molecule has 2 aromatic carbocycles. The molecule has 130 valence electrons. The summed E-state index contributed by atoms with van der Waals surface area (Å²) in [6.45, 7) is 1.87. The molecule has 0 unspecified atom stereocenters. The Morgan fingerprint density at radius 1 is 1.04 bits per heavy atom. The van der Waals surface area contributed by atoms with Gasteiger partial charge in [0.1, 0.15) is 5.01 Å². The molecule has 1 atom stereocenters. The summed E-state index contributed by atoms with van der Waals surface area (Å²) in [6.07, 6.45) is 0. The Balaban J connectivity index is 1.42. The van der Waals surface area contributed by atoms with Gasteiger partial charge < -0.3 is 0 Å². The van der Waals surface area contributed by atoms with Crippen molar-refractivity contribution in [3.05, 3.63) is 54.6 Å². The number of nitrogens with one attached hydrogen (secondary N) is 1. The van der Waals surface area contributed by atoms with Gasteiger partial charge in [-0.15, -0.1) is 21.5 Å². The molecule has 1 amide bonds. The highest BCUT2D eigenvalue weighted by Crippen LogP contribution is 2.32. The van der Waals surface area contributed by atoms with Gasteiger partial charge in [0.2, 0.25) is 11.0 Å². The minimum Gasteiger partial charge on any atom is -0.300 e. The first-order valence-electron chi connectivity index (χ1n) is 7.91. The second kappa shape index (κ2) is 7.53. The Morgan fingerprint density at radius 2 is 1.81 bits per heavy atom. The number of rotatable bonds is 5. The molecule has 4 rings (SSSR count). The summed E-state index contributed by atoms with van der Waals surface area (Å²) in [4.78, 5) is 17.0. The van der Waals surface area contributed by atoms with E-state index in [1.54, 1.807) is 11.3 Å². The van der Waals surface area contributed by atoms with E-state index in [4.69, 9.17) is 0 Å². The van der Waals surface area contributed by atoms with Crippen LogP contribution < -0.4 is 5.32 Å². The first-order chi connectivity index (χ1) is 12.7. The number of carbonyl (C=O) groups excluding carboxylic acids is 1. The number of hydrogen-bond donors (Lipinski definition) is 1. The Labute approximate surface area is 162 Å². The van der Waals surface area contributed by atoms with Crippen LogP contribution in [0.5, 0.6) is 0 Å². The number of thioether (sulfide) groups is 1. The van der Waals surface area contributed by atoms with E-state index in [0.29, 0.717) is 5.13 Å². The van der Waals surface area contributed by atoms with Gasteiger partial charge in [0.05, 0.1) is 15.5 Å². The molecular weight excluding hydrogens is 384 g/mol. The maximum absolute atomic E-state index is 12.5. The molecule has 0 saturated carbocycles. The number of fused-ring (bicyclic) bond motifs is 1. The predicted octanol–water partition coefficient (Wildman–Crippen LogP) is 4.93. The first-order valence-corrected chi connectivity index (χ1v) is 10.4. The Bertz CT molecular complexity index is 1010. The third-order valence-electron chi connectivity index (χ3n) is 3.60. The predicted molar refractivity (Wildman–Crippen MR) is 109 cm³/mol. The number of anilines is 1. The number of thiazole rings is 1. The number of nitrogens with zero attached hydrogens (tertiary/aromatic N) is 3. The third kappa shape index (κ3) is 3.77. The zero-order valence-electron chi connectivity index (χ0n) is 13.7. The number of amides is 1. The van der Waals surface area contributed by atoms with Crippen LogP contribution in [0.3, 0.4) is 0 Å². The van der Waals surface area contributed by atoms with E-state index >= 15 is 0 Å².